The maximum Gasteiger partial charge on any atom is 0.248 e. The summed E-state index contributed by atoms with van der Waals surface area (Å²) in [6.45, 7) is 0. The molecule has 4 rings (SSSR count). The number of hydrogen-bond donors (Lipinski definition) is 1. The van der Waals surface area contributed by atoms with Gasteiger partial charge in [-0.2, -0.15) is 0 Å². The topological polar surface area (TPSA) is 59.2 Å². The van der Waals surface area contributed by atoms with Crippen LogP contribution >= 0.6 is 0 Å². The summed E-state index contributed by atoms with van der Waals surface area (Å²) >= 11 is 0. The Morgan fingerprint density at radius 2 is 1.32 bits per heavy atom. The molecule has 22 heavy (non-hydrogen) atoms. The first-order chi connectivity index (χ1) is 10.8. The number of rotatable bonds is 2. The van der Waals surface area contributed by atoms with Gasteiger partial charge in [0.2, 0.25) is 11.8 Å². The van der Waals surface area contributed by atoms with Crippen molar-refractivity contribution in [3.05, 3.63) is 66.7 Å². The van der Waals surface area contributed by atoms with Crippen molar-refractivity contribution in [2.75, 3.05) is 0 Å². The second kappa shape index (κ2) is 5.00. The summed E-state index contributed by atoms with van der Waals surface area (Å²) in [7, 11) is 0. The molecule has 1 heterocycles. The molecule has 0 radical (unpaired) electrons. The normalized spacial score (nSPS) is 10.9. The predicted octanol–water partition coefficient (Wildman–Crippen LogP) is 4.26. The summed E-state index contributed by atoms with van der Waals surface area (Å²) < 4.78 is 5.74. The Kier molecular flexibility index (Phi) is 2.86. The Morgan fingerprint density at radius 3 is 2.09 bits per heavy atom. The molecular weight excluding hydrogens is 276 g/mol. The van der Waals surface area contributed by atoms with Gasteiger partial charge in [0.25, 0.3) is 0 Å². The largest absolute Gasteiger partial charge is 0.508 e. The molecule has 4 aromatic rings. The van der Waals surface area contributed by atoms with Gasteiger partial charge in [-0.15, -0.1) is 10.2 Å². The molecule has 3 aromatic carbocycles. The average Bonchev–Trinajstić information content (AvgIpc) is 3.05. The Morgan fingerprint density at radius 1 is 0.682 bits per heavy atom. The molecule has 0 saturated carbocycles. The average molecular weight is 288 g/mol. The molecule has 0 aliphatic rings. The molecule has 0 aliphatic heterocycles. The first-order valence-electron chi connectivity index (χ1n) is 6.92. The van der Waals surface area contributed by atoms with Crippen LogP contribution in [0.4, 0.5) is 0 Å². The Balaban J connectivity index is 1.74. The molecule has 0 amide bonds. The minimum atomic E-state index is 0.206. The molecule has 0 bridgehead atoms. The van der Waals surface area contributed by atoms with E-state index >= 15 is 0 Å². The van der Waals surface area contributed by atoms with E-state index in [4.69, 9.17) is 4.42 Å². The number of nitrogens with zero attached hydrogens (tertiary/aromatic N) is 2. The maximum atomic E-state index is 9.32. The van der Waals surface area contributed by atoms with Crippen molar-refractivity contribution in [2.24, 2.45) is 0 Å². The van der Waals surface area contributed by atoms with E-state index in [1.165, 1.54) is 5.39 Å². The fraction of sp³-hybridized carbons (Fsp3) is 0. The van der Waals surface area contributed by atoms with Crippen LogP contribution in [0.2, 0.25) is 0 Å². The second-order valence-electron chi connectivity index (χ2n) is 5.02. The highest BCUT2D eigenvalue weighted by Gasteiger charge is 2.10. The summed E-state index contributed by atoms with van der Waals surface area (Å²) in [5.41, 5.74) is 1.66. The molecule has 4 heteroatoms. The number of phenolic OH excluding ortho intramolecular Hbond substituents is 1. The number of aromatic nitrogens is 2. The fourth-order valence-corrected chi connectivity index (χ4v) is 2.38. The first-order valence-corrected chi connectivity index (χ1v) is 6.92. The number of phenols is 1. The van der Waals surface area contributed by atoms with Crippen molar-refractivity contribution in [3.8, 4) is 28.7 Å². The third-order valence-electron chi connectivity index (χ3n) is 3.54. The van der Waals surface area contributed by atoms with E-state index in [0.717, 1.165) is 16.5 Å². The van der Waals surface area contributed by atoms with Crippen LogP contribution in [-0.2, 0) is 0 Å². The van der Waals surface area contributed by atoms with Gasteiger partial charge in [0.05, 0.1) is 0 Å². The molecule has 106 valence electrons. The molecule has 0 saturated heterocycles. The Bertz CT molecular complexity index is 943. The molecule has 0 fully saturated rings. The summed E-state index contributed by atoms with van der Waals surface area (Å²) in [4.78, 5) is 0. The van der Waals surface area contributed by atoms with Gasteiger partial charge in [-0.1, -0.05) is 30.3 Å². The minimum Gasteiger partial charge on any atom is -0.508 e. The zero-order chi connectivity index (χ0) is 14.9. The van der Waals surface area contributed by atoms with Crippen LogP contribution in [0.25, 0.3) is 33.7 Å². The summed E-state index contributed by atoms with van der Waals surface area (Å²) in [6.07, 6.45) is 0. The molecular formula is C18H12N2O2. The second-order valence-corrected chi connectivity index (χ2v) is 5.02. The van der Waals surface area contributed by atoms with Gasteiger partial charge in [-0.25, -0.2) is 0 Å². The van der Waals surface area contributed by atoms with Crippen molar-refractivity contribution in [2.45, 2.75) is 0 Å². The smallest absolute Gasteiger partial charge is 0.248 e. The van der Waals surface area contributed by atoms with Crippen LogP contribution in [0.3, 0.4) is 0 Å². The van der Waals surface area contributed by atoms with Crippen molar-refractivity contribution in [1.82, 2.24) is 10.2 Å². The van der Waals surface area contributed by atoms with E-state index in [1.54, 1.807) is 24.3 Å². The molecule has 0 spiro atoms. The van der Waals surface area contributed by atoms with Crippen LogP contribution in [0.1, 0.15) is 0 Å². The molecule has 1 N–H and O–H groups in total. The standard InChI is InChI=1S/C18H12N2O2/c21-16-9-7-13(8-10-16)17-19-20-18(22-17)15-6-5-12-3-1-2-4-14(12)11-15/h1-11,21H. The lowest BCUT2D eigenvalue weighted by atomic mass is 10.1. The van der Waals surface area contributed by atoms with E-state index in [1.807, 2.05) is 30.3 Å². The van der Waals surface area contributed by atoms with E-state index in [0.29, 0.717) is 11.8 Å². The molecule has 0 unspecified atom stereocenters. The Labute approximate surface area is 126 Å². The highest BCUT2D eigenvalue weighted by Crippen LogP contribution is 2.27. The van der Waals surface area contributed by atoms with Crippen molar-refractivity contribution < 1.29 is 9.52 Å². The summed E-state index contributed by atoms with van der Waals surface area (Å²) in [5.74, 6) is 1.12. The summed E-state index contributed by atoms with van der Waals surface area (Å²) in [6, 6.07) is 20.8. The SMILES string of the molecule is Oc1ccc(-c2nnc(-c3ccc4ccccc4c3)o2)cc1. The van der Waals surface area contributed by atoms with Gasteiger partial charge in [-0.05, 0) is 47.2 Å². The fourth-order valence-electron chi connectivity index (χ4n) is 2.38. The highest BCUT2D eigenvalue weighted by molar-refractivity contribution is 5.86. The molecule has 0 aliphatic carbocycles. The number of benzene rings is 3. The number of hydrogen-bond acceptors (Lipinski definition) is 4. The van der Waals surface area contributed by atoms with Gasteiger partial charge in [0.1, 0.15) is 5.75 Å². The first kappa shape index (κ1) is 12.6. The lowest BCUT2D eigenvalue weighted by Crippen LogP contribution is -1.79. The van der Waals surface area contributed by atoms with Crippen molar-refractivity contribution in [1.29, 1.82) is 0 Å². The van der Waals surface area contributed by atoms with Gasteiger partial charge >= 0.3 is 0 Å². The number of fused-ring (bicyclic) bond motifs is 1. The maximum absolute atomic E-state index is 9.32. The van der Waals surface area contributed by atoms with Crippen LogP contribution in [0.15, 0.2) is 71.1 Å². The monoisotopic (exact) mass is 288 g/mol. The van der Waals surface area contributed by atoms with E-state index in [-0.39, 0.29) is 5.75 Å². The van der Waals surface area contributed by atoms with Gasteiger partial charge in [0, 0.05) is 11.1 Å². The lowest BCUT2D eigenvalue weighted by molar-refractivity contribution is 0.475. The van der Waals surface area contributed by atoms with Gasteiger partial charge in [0.15, 0.2) is 0 Å². The van der Waals surface area contributed by atoms with Crippen molar-refractivity contribution >= 4 is 10.8 Å². The Hall–Kier alpha value is -3.14. The third kappa shape index (κ3) is 2.20. The highest BCUT2D eigenvalue weighted by atomic mass is 16.4. The van der Waals surface area contributed by atoms with E-state index < -0.39 is 0 Å². The molecule has 1 aromatic heterocycles. The van der Waals surface area contributed by atoms with Gasteiger partial charge in [-0.3, -0.25) is 0 Å². The quantitative estimate of drug-likeness (QED) is 0.598. The lowest BCUT2D eigenvalue weighted by Gasteiger charge is -1.99. The summed E-state index contributed by atoms with van der Waals surface area (Å²) in [5, 5.41) is 19.8. The van der Waals surface area contributed by atoms with Crippen LogP contribution in [0, 0.1) is 0 Å². The minimum absolute atomic E-state index is 0.206. The van der Waals surface area contributed by atoms with Crippen molar-refractivity contribution in [3.63, 3.8) is 0 Å². The van der Waals surface area contributed by atoms with Crippen LogP contribution in [-0.4, -0.2) is 15.3 Å². The van der Waals surface area contributed by atoms with Crippen LogP contribution < -0.4 is 0 Å². The number of aromatic hydroxyl groups is 1. The predicted molar refractivity (Wildman–Crippen MR) is 84.3 cm³/mol. The van der Waals surface area contributed by atoms with Crippen LogP contribution in [0.5, 0.6) is 5.75 Å². The zero-order valence-corrected chi connectivity index (χ0v) is 11.6. The molecule has 4 nitrogen and oxygen atoms in total. The van der Waals surface area contributed by atoms with E-state index in [2.05, 4.69) is 22.3 Å². The third-order valence-corrected chi connectivity index (χ3v) is 3.54. The van der Waals surface area contributed by atoms with E-state index in [9.17, 15) is 5.11 Å². The zero-order valence-electron chi connectivity index (χ0n) is 11.6. The molecule has 0 atom stereocenters. The van der Waals surface area contributed by atoms with Gasteiger partial charge < -0.3 is 9.52 Å².